The molecule has 14 heavy (non-hydrogen) atoms. The quantitative estimate of drug-likeness (QED) is 0.773. The molecule has 2 nitrogen and oxygen atoms in total. The first kappa shape index (κ1) is 11.1. The van der Waals surface area contributed by atoms with Crippen molar-refractivity contribution in [2.45, 2.75) is 33.6 Å². The molecule has 0 aliphatic carbocycles. The molecular formula is C12H19NO. The van der Waals surface area contributed by atoms with Gasteiger partial charge in [-0.1, -0.05) is 6.07 Å². The lowest BCUT2D eigenvalue weighted by Gasteiger charge is -2.13. The molecule has 0 fully saturated rings. The van der Waals surface area contributed by atoms with Gasteiger partial charge in [-0.2, -0.15) is 0 Å². The van der Waals surface area contributed by atoms with E-state index in [1.807, 2.05) is 19.9 Å². The predicted molar refractivity (Wildman–Crippen MR) is 59.7 cm³/mol. The molecule has 0 heterocycles. The molecule has 0 saturated heterocycles. The largest absolute Gasteiger partial charge is 0.507 e. The fraction of sp³-hybridized carbons (Fsp3) is 0.500. The van der Waals surface area contributed by atoms with Crippen LogP contribution in [-0.2, 0) is 6.42 Å². The van der Waals surface area contributed by atoms with Gasteiger partial charge in [0.25, 0.3) is 0 Å². The van der Waals surface area contributed by atoms with E-state index < -0.39 is 0 Å². The Morgan fingerprint density at radius 3 is 2.43 bits per heavy atom. The molecule has 0 aromatic heterocycles. The Morgan fingerprint density at radius 1 is 1.21 bits per heavy atom. The third-order valence-corrected chi connectivity index (χ3v) is 2.72. The van der Waals surface area contributed by atoms with Crippen LogP contribution in [0.25, 0.3) is 0 Å². The minimum atomic E-state index is 0.433. The lowest BCUT2D eigenvalue weighted by molar-refractivity contribution is 0.465. The summed E-state index contributed by atoms with van der Waals surface area (Å²) < 4.78 is 0. The molecule has 0 radical (unpaired) electrons. The van der Waals surface area contributed by atoms with Crippen LogP contribution in [-0.4, -0.2) is 11.7 Å². The molecule has 1 aromatic rings. The van der Waals surface area contributed by atoms with Crippen molar-refractivity contribution in [1.29, 1.82) is 0 Å². The SMILES string of the molecule is Cc1cc(C)c(CCCN)c(C)c1O. The first-order valence-corrected chi connectivity index (χ1v) is 5.06. The zero-order valence-corrected chi connectivity index (χ0v) is 9.22. The van der Waals surface area contributed by atoms with E-state index in [1.54, 1.807) is 0 Å². The van der Waals surface area contributed by atoms with Crippen molar-refractivity contribution in [3.05, 3.63) is 28.3 Å². The molecule has 0 spiro atoms. The number of nitrogens with two attached hydrogens (primary N) is 1. The maximum atomic E-state index is 9.78. The summed E-state index contributed by atoms with van der Waals surface area (Å²) in [5, 5.41) is 9.78. The van der Waals surface area contributed by atoms with Gasteiger partial charge in [-0.15, -0.1) is 0 Å². The third-order valence-electron chi connectivity index (χ3n) is 2.72. The van der Waals surface area contributed by atoms with Gasteiger partial charge in [0.2, 0.25) is 0 Å². The highest BCUT2D eigenvalue weighted by Gasteiger charge is 2.09. The second kappa shape index (κ2) is 4.47. The van der Waals surface area contributed by atoms with Crippen LogP contribution in [0.4, 0.5) is 0 Å². The van der Waals surface area contributed by atoms with Gasteiger partial charge in [-0.3, -0.25) is 0 Å². The first-order chi connectivity index (χ1) is 6.57. The van der Waals surface area contributed by atoms with E-state index in [0.717, 1.165) is 24.0 Å². The molecule has 0 unspecified atom stereocenters. The number of hydrogen-bond acceptors (Lipinski definition) is 2. The number of benzene rings is 1. The smallest absolute Gasteiger partial charge is 0.121 e. The van der Waals surface area contributed by atoms with E-state index in [-0.39, 0.29) is 0 Å². The second-order valence-corrected chi connectivity index (χ2v) is 3.85. The van der Waals surface area contributed by atoms with Crippen LogP contribution in [0.1, 0.15) is 28.7 Å². The zero-order valence-electron chi connectivity index (χ0n) is 9.22. The fourth-order valence-corrected chi connectivity index (χ4v) is 1.88. The molecule has 0 aliphatic rings. The Morgan fingerprint density at radius 2 is 1.86 bits per heavy atom. The van der Waals surface area contributed by atoms with Crippen molar-refractivity contribution in [3.8, 4) is 5.75 Å². The van der Waals surface area contributed by atoms with E-state index >= 15 is 0 Å². The van der Waals surface area contributed by atoms with Crippen LogP contribution in [0.15, 0.2) is 6.07 Å². The van der Waals surface area contributed by atoms with E-state index in [1.165, 1.54) is 11.1 Å². The Kier molecular flexibility index (Phi) is 3.53. The average Bonchev–Trinajstić information content (AvgIpc) is 2.14. The maximum Gasteiger partial charge on any atom is 0.121 e. The van der Waals surface area contributed by atoms with Crippen molar-refractivity contribution in [1.82, 2.24) is 0 Å². The summed E-state index contributed by atoms with van der Waals surface area (Å²) in [6.45, 7) is 6.70. The lowest BCUT2D eigenvalue weighted by atomic mass is 9.95. The molecular weight excluding hydrogens is 174 g/mol. The molecule has 3 N–H and O–H groups in total. The molecule has 0 bridgehead atoms. The van der Waals surface area contributed by atoms with Gasteiger partial charge in [0.15, 0.2) is 0 Å². The molecule has 2 heteroatoms. The van der Waals surface area contributed by atoms with Gasteiger partial charge < -0.3 is 10.8 Å². The minimum absolute atomic E-state index is 0.433. The Balaban J connectivity index is 3.09. The summed E-state index contributed by atoms with van der Waals surface area (Å²) in [5.74, 6) is 0.433. The van der Waals surface area contributed by atoms with Gasteiger partial charge in [-0.25, -0.2) is 0 Å². The van der Waals surface area contributed by atoms with Gasteiger partial charge in [0.05, 0.1) is 0 Å². The van der Waals surface area contributed by atoms with Crippen molar-refractivity contribution in [2.24, 2.45) is 5.73 Å². The van der Waals surface area contributed by atoms with E-state index in [0.29, 0.717) is 12.3 Å². The van der Waals surface area contributed by atoms with Crippen LogP contribution in [0.2, 0.25) is 0 Å². The average molecular weight is 193 g/mol. The van der Waals surface area contributed by atoms with Gasteiger partial charge >= 0.3 is 0 Å². The van der Waals surface area contributed by atoms with Gasteiger partial charge in [0, 0.05) is 0 Å². The summed E-state index contributed by atoms with van der Waals surface area (Å²) in [7, 11) is 0. The summed E-state index contributed by atoms with van der Waals surface area (Å²) in [5.41, 5.74) is 9.95. The fourth-order valence-electron chi connectivity index (χ4n) is 1.88. The molecule has 0 atom stereocenters. The zero-order chi connectivity index (χ0) is 10.7. The summed E-state index contributed by atoms with van der Waals surface area (Å²) in [6.07, 6.45) is 1.94. The Bertz CT molecular complexity index is 332. The topological polar surface area (TPSA) is 46.2 Å². The van der Waals surface area contributed by atoms with E-state index in [2.05, 4.69) is 6.92 Å². The predicted octanol–water partition coefficient (Wildman–Crippen LogP) is 2.21. The lowest BCUT2D eigenvalue weighted by Crippen LogP contribution is -2.03. The van der Waals surface area contributed by atoms with Crippen LogP contribution < -0.4 is 5.73 Å². The number of aryl methyl sites for hydroxylation is 2. The highest BCUT2D eigenvalue weighted by atomic mass is 16.3. The van der Waals surface area contributed by atoms with Crippen molar-refractivity contribution in [2.75, 3.05) is 6.54 Å². The van der Waals surface area contributed by atoms with Crippen LogP contribution >= 0.6 is 0 Å². The summed E-state index contributed by atoms with van der Waals surface area (Å²) in [4.78, 5) is 0. The number of phenolic OH excluding ortho intramolecular Hbond substituents is 1. The van der Waals surface area contributed by atoms with Crippen LogP contribution in [0, 0.1) is 20.8 Å². The molecule has 0 saturated carbocycles. The number of phenols is 1. The van der Waals surface area contributed by atoms with Crippen LogP contribution in [0.3, 0.4) is 0 Å². The van der Waals surface area contributed by atoms with Gasteiger partial charge in [0.1, 0.15) is 5.75 Å². The normalized spacial score (nSPS) is 10.6. The second-order valence-electron chi connectivity index (χ2n) is 3.85. The summed E-state index contributed by atoms with van der Waals surface area (Å²) >= 11 is 0. The number of hydrogen-bond donors (Lipinski definition) is 2. The number of rotatable bonds is 3. The highest BCUT2D eigenvalue weighted by molar-refractivity contribution is 5.48. The van der Waals surface area contributed by atoms with Crippen LogP contribution in [0.5, 0.6) is 5.75 Å². The molecule has 0 amide bonds. The monoisotopic (exact) mass is 193 g/mol. The Labute approximate surface area is 85.8 Å². The Hall–Kier alpha value is -1.02. The molecule has 0 aliphatic heterocycles. The van der Waals surface area contributed by atoms with Crippen molar-refractivity contribution in [3.63, 3.8) is 0 Å². The van der Waals surface area contributed by atoms with Gasteiger partial charge in [-0.05, 0) is 62.4 Å². The third kappa shape index (κ3) is 2.07. The molecule has 1 aromatic carbocycles. The molecule has 78 valence electrons. The minimum Gasteiger partial charge on any atom is -0.507 e. The van der Waals surface area contributed by atoms with Crippen molar-refractivity contribution >= 4 is 0 Å². The first-order valence-electron chi connectivity index (χ1n) is 5.06. The standard InChI is InChI=1S/C12H19NO/c1-8-7-9(2)12(14)10(3)11(8)5-4-6-13/h7,14H,4-6,13H2,1-3H3. The summed E-state index contributed by atoms with van der Waals surface area (Å²) in [6, 6.07) is 2.04. The van der Waals surface area contributed by atoms with E-state index in [9.17, 15) is 5.11 Å². The van der Waals surface area contributed by atoms with Crippen molar-refractivity contribution < 1.29 is 5.11 Å². The van der Waals surface area contributed by atoms with E-state index in [4.69, 9.17) is 5.73 Å². The highest BCUT2D eigenvalue weighted by Crippen LogP contribution is 2.28. The molecule has 1 rings (SSSR count). The maximum absolute atomic E-state index is 9.78. The number of aromatic hydroxyl groups is 1.